The van der Waals surface area contributed by atoms with Crippen LogP contribution in [0.2, 0.25) is 5.02 Å². The zero-order valence-electron chi connectivity index (χ0n) is 8.67. The fraction of sp³-hybridized carbons (Fsp3) is 0.364. The van der Waals surface area contributed by atoms with Gasteiger partial charge >= 0.3 is 0 Å². The molecule has 1 atom stereocenters. The number of carbonyl (C=O) groups excluding carboxylic acids is 1. The van der Waals surface area contributed by atoms with Gasteiger partial charge in [-0.05, 0) is 24.1 Å². The molecular weight excluding hydrogens is 212 g/mol. The molecule has 1 heterocycles. The molecule has 0 unspecified atom stereocenters. The molecule has 1 amide bonds. The van der Waals surface area contributed by atoms with Crippen molar-refractivity contribution in [3.63, 3.8) is 0 Å². The molecule has 2 N–H and O–H groups in total. The number of fused-ring (bicyclic) bond motifs is 1. The standard InChI is InChI=1S/C11H13ClN2O/c1-6(2)10-11(15)14-8-4-3-7(12)5-9(8)13-10/h3-6,10,13H,1-2H3,(H,14,15)/t10-/m0/s1. The Balaban J connectivity index is 2.34. The van der Waals surface area contributed by atoms with E-state index in [9.17, 15) is 4.79 Å². The quantitative estimate of drug-likeness (QED) is 0.770. The number of amides is 1. The first-order valence-corrected chi connectivity index (χ1v) is 5.32. The number of anilines is 2. The third-order valence-electron chi connectivity index (χ3n) is 2.50. The van der Waals surface area contributed by atoms with Crippen LogP contribution in [0.15, 0.2) is 18.2 Å². The molecule has 3 nitrogen and oxygen atoms in total. The lowest BCUT2D eigenvalue weighted by Gasteiger charge is -2.29. The lowest BCUT2D eigenvalue weighted by Crippen LogP contribution is -2.42. The van der Waals surface area contributed by atoms with Crippen molar-refractivity contribution in [1.82, 2.24) is 0 Å². The third-order valence-corrected chi connectivity index (χ3v) is 2.73. The highest BCUT2D eigenvalue weighted by Crippen LogP contribution is 2.30. The maximum Gasteiger partial charge on any atom is 0.247 e. The molecule has 2 rings (SSSR count). The summed E-state index contributed by atoms with van der Waals surface area (Å²) in [5.41, 5.74) is 1.68. The van der Waals surface area contributed by atoms with E-state index in [0.717, 1.165) is 11.4 Å². The van der Waals surface area contributed by atoms with Gasteiger partial charge in [-0.25, -0.2) is 0 Å². The summed E-state index contributed by atoms with van der Waals surface area (Å²) in [6.45, 7) is 4.01. The van der Waals surface area contributed by atoms with Gasteiger partial charge in [0.25, 0.3) is 0 Å². The van der Waals surface area contributed by atoms with Gasteiger partial charge < -0.3 is 10.6 Å². The molecule has 0 aromatic heterocycles. The van der Waals surface area contributed by atoms with Crippen LogP contribution in [0.25, 0.3) is 0 Å². The van der Waals surface area contributed by atoms with E-state index in [2.05, 4.69) is 10.6 Å². The van der Waals surface area contributed by atoms with Crippen LogP contribution < -0.4 is 10.6 Å². The normalized spacial score (nSPS) is 19.5. The number of hydrogen-bond acceptors (Lipinski definition) is 2. The molecule has 15 heavy (non-hydrogen) atoms. The summed E-state index contributed by atoms with van der Waals surface area (Å²) in [5.74, 6) is 0.261. The van der Waals surface area contributed by atoms with E-state index in [1.807, 2.05) is 19.9 Å². The second kappa shape index (κ2) is 3.74. The molecule has 0 aliphatic carbocycles. The molecule has 4 heteroatoms. The molecule has 0 saturated carbocycles. The van der Waals surface area contributed by atoms with Crippen molar-refractivity contribution in [2.75, 3.05) is 10.6 Å². The largest absolute Gasteiger partial charge is 0.372 e. The third kappa shape index (κ3) is 1.92. The predicted molar refractivity (Wildman–Crippen MR) is 62.3 cm³/mol. The molecule has 80 valence electrons. The lowest BCUT2D eigenvalue weighted by molar-refractivity contribution is -0.117. The van der Waals surface area contributed by atoms with Gasteiger partial charge in [-0.15, -0.1) is 0 Å². The number of halogens is 1. The Morgan fingerprint density at radius 1 is 1.33 bits per heavy atom. The molecule has 1 aliphatic rings. The van der Waals surface area contributed by atoms with Crippen LogP contribution in [-0.4, -0.2) is 11.9 Å². The van der Waals surface area contributed by atoms with Crippen molar-refractivity contribution in [3.8, 4) is 0 Å². The van der Waals surface area contributed by atoms with E-state index in [0.29, 0.717) is 5.02 Å². The van der Waals surface area contributed by atoms with Gasteiger partial charge in [-0.1, -0.05) is 25.4 Å². The van der Waals surface area contributed by atoms with Crippen LogP contribution in [0.4, 0.5) is 11.4 Å². The molecule has 0 saturated heterocycles. The Hall–Kier alpha value is -1.22. The van der Waals surface area contributed by atoms with Gasteiger partial charge in [0.1, 0.15) is 6.04 Å². The van der Waals surface area contributed by atoms with E-state index in [-0.39, 0.29) is 17.9 Å². The molecule has 0 spiro atoms. The Morgan fingerprint density at radius 3 is 2.73 bits per heavy atom. The number of benzene rings is 1. The van der Waals surface area contributed by atoms with Crippen LogP contribution in [0.3, 0.4) is 0 Å². The van der Waals surface area contributed by atoms with Crippen molar-refractivity contribution in [2.45, 2.75) is 19.9 Å². The summed E-state index contributed by atoms with van der Waals surface area (Å²) < 4.78 is 0. The molecule has 0 bridgehead atoms. The predicted octanol–water partition coefficient (Wildman–Crippen LogP) is 2.73. The zero-order chi connectivity index (χ0) is 11.0. The van der Waals surface area contributed by atoms with Crippen molar-refractivity contribution >= 4 is 28.9 Å². The van der Waals surface area contributed by atoms with Gasteiger partial charge in [0.05, 0.1) is 11.4 Å². The summed E-state index contributed by atoms with van der Waals surface area (Å²) in [6, 6.07) is 5.21. The maximum atomic E-state index is 11.7. The van der Waals surface area contributed by atoms with Gasteiger partial charge in [-0.3, -0.25) is 4.79 Å². The van der Waals surface area contributed by atoms with E-state index in [1.54, 1.807) is 12.1 Å². The van der Waals surface area contributed by atoms with Gasteiger partial charge in [0.2, 0.25) is 5.91 Å². The minimum Gasteiger partial charge on any atom is -0.372 e. The van der Waals surface area contributed by atoms with Gasteiger partial charge in [0.15, 0.2) is 0 Å². The van der Waals surface area contributed by atoms with E-state index in [4.69, 9.17) is 11.6 Å². The zero-order valence-corrected chi connectivity index (χ0v) is 9.43. The van der Waals surface area contributed by atoms with Crippen LogP contribution >= 0.6 is 11.6 Å². The fourth-order valence-corrected chi connectivity index (χ4v) is 1.83. The molecule has 0 radical (unpaired) electrons. The summed E-state index contributed by atoms with van der Waals surface area (Å²) >= 11 is 5.89. The van der Waals surface area contributed by atoms with E-state index in [1.165, 1.54) is 0 Å². The van der Waals surface area contributed by atoms with Gasteiger partial charge in [0, 0.05) is 5.02 Å². The first kappa shape index (κ1) is 10.3. The van der Waals surface area contributed by atoms with Crippen molar-refractivity contribution in [1.29, 1.82) is 0 Å². The monoisotopic (exact) mass is 224 g/mol. The number of carbonyl (C=O) groups is 1. The first-order chi connectivity index (χ1) is 7.08. The Bertz CT molecular complexity index is 404. The van der Waals surface area contributed by atoms with Crippen LogP contribution in [0, 0.1) is 5.92 Å². The summed E-state index contributed by atoms with van der Waals surface area (Å²) in [7, 11) is 0. The molecular formula is C11H13ClN2O. The molecule has 1 aliphatic heterocycles. The summed E-state index contributed by atoms with van der Waals surface area (Å²) in [6.07, 6.45) is 0. The number of rotatable bonds is 1. The first-order valence-electron chi connectivity index (χ1n) is 4.95. The minimum absolute atomic E-state index is 0.0137. The second-order valence-electron chi connectivity index (χ2n) is 4.05. The van der Waals surface area contributed by atoms with Crippen LogP contribution in [0.5, 0.6) is 0 Å². The average molecular weight is 225 g/mol. The summed E-state index contributed by atoms with van der Waals surface area (Å²) in [4.78, 5) is 11.7. The topological polar surface area (TPSA) is 41.1 Å². The molecule has 1 aromatic carbocycles. The Morgan fingerprint density at radius 2 is 2.07 bits per heavy atom. The van der Waals surface area contributed by atoms with E-state index >= 15 is 0 Å². The highest BCUT2D eigenvalue weighted by atomic mass is 35.5. The SMILES string of the molecule is CC(C)[C@@H]1Nc2cc(Cl)ccc2NC1=O. The Labute approximate surface area is 93.8 Å². The van der Waals surface area contributed by atoms with Crippen molar-refractivity contribution in [3.05, 3.63) is 23.2 Å². The maximum absolute atomic E-state index is 11.7. The second-order valence-corrected chi connectivity index (χ2v) is 4.48. The van der Waals surface area contributed by atoms with E-state index < -0.39 is 0 Å². The minimum atomic E-state index is -0.184. The number of hydrogen-bond donors (Lipinski definition) is 2. The van der Waals surface area contributed by atoms with Crippen LogP contribution in [-0.2, 0) is 4.79 Å². The lowest BCUT2D eigenvalue weighted by atomic mass is 10.0. The number of nitrogens with one attached hydrogen (secondary N) is 2. The Kier molecular flexibility index (Phi) is 2.57. The van der Waals surface area contributed by atoms with Crippen molar-refractivity contribution < 1.29 is 4.79 Å². The molecule has 0 fully saturated rings. The van der Waals surface area contributed by atoms with Gasteiger partial charge in [-0.2, -0.15) is 0 Å². The smallest absolute Gasteiger partial charge is 0.247 e. The summed E-state index contributed by atoms with van der Waals surface area (Å²) in [5, 5.41) is 6.72. The highest BCUT2D eigenvalue weighted by molar-refractivity contribution is 6.31. The highest BCUT2D eigenvalue weighted by Gasteiger charge is 2.27. The molecule has 1 aromatic rings. The van der Waals surface area contributed by atoms with Crippen LogP contribution in [0.1, 0.15) is 13.8 Å². The average Bonchev–Trinajstić information content (AvgIpc) is 2.17. The fourth-order valence-electron chi connectivity index (χ4n) is 1.66. The van der Waals surface area contributed by atoms with Crippen molar-refractivity contribution in [2.24, 2.45) is 5.92 Å².